The average Bonchev–Trinajstić information content (AvgIpc) is 3.11. The lowest BCUT2D eigenvalue weighted by atomic mass is 9.86. The fourth-order valence-corrected chi connectivity index (χ4v) is 4.22. The molecule has 0 saturated heterocycles. The van der Waals surface area contributed by atoms with Crippen LogP contribution < -0.4 is 15.5 Å². The normalized spacial score (nSPS) is 14.6. The van der Waals surface area contributed by atoms with Gasteiger partial charge >= 0.3 is 11.9 Å². The lowest BCUT2D eigenvalue weighted by Crippen LogP contribution is -2.53. The van der Waals surface area contributed by atoms with Crippen molar-refractivity contribution in [1.82, 2.24) is 0 Å². The minimum Gasteiger partial charge on any atom is -0.448 e. The van der Waals surface area contributed by atoms with E-state index in [4.69, 9.17) is 26.3 Å². The number of amides is 3. The van der Waals surface area contributed by atoms with Crippen LogP contribution in [-0.4, -0.2) is 54.3 Å². The van der Waals surface area contributed by atoms with Crippen LogP contribution >= 0.6 is 11.6 Å². The molecule has 3 rings (SSSR count). The second-order valence-electron chi connectivity index (χ2n) is 9.23. The van der Waals surface area contributed by atoms with Gasteiger partial charge in [-0.05, 0) is 55.8 Å². The van der Waals surface area contributed by atoms with Gasteiger partial charge in [-0.15, -0.1) is 11.6 Å². The van der Waals surface area contributed by atoms with Crippen LogP contribution in [0.15, 0.2) is 42.5 Å². The molecule has 0 aromatic heterocycles. The van der Waals surface area contributed by atoms with E-state index in [2.05, 4.69) is 10.6 Å². The molecule has 1 heterocycles. The summed E-state index contributed by atoms with van der Waals surface area (Å²) < 4.78 is 10.4. The lowest BCUT2D eigenvalue weighted by Gasteiger charge is -2.30. The molecule has 0 bridgehead atoms. The Hall–Kier alpha value is -4.43. The van der Waals surface area contributed by atoms with E-state index in [1.54, 1.807) is 32.0 Å². The summed E-state index contributed by atoms with van der Waals surface area (Å²) in [6.07, 6.45) is -3.73. The Labute approximate surface area is 230 Å². The Morgan fingerprint density at radius 1 is 1.05 bits per heavy atom. The van der Waals surface area contributed by atoms with Gasteiger partial charge in [-0.2, -0.15) is 5.26 Å². The maximum Gasteiger partial charge on any atom is 0.303 e. The van der Waals surface area contributed by atoms with Gasteiger partial charge in [0, 0.05) is 43.3 Å². The van der Waals surface area contributed by atoms with Crippen molar-refractivity contribution in [2.75, 3.05) is 28.0 Å². The summed E-state index contributed by atoms with van der Waals surface area (Å²) in [5.41, 5.74) is 1.35. The number of fused-ring (bicyclic) bond motifs is 1. The number of halogens is 1. The SMILES string of the molecule is CC(=O)O[C@@H](C(=O)Nc1ccc(C#N)cc1)[C@@H](OC(C)=O)C(=O)N(CCCl)c1ccc2c(c1)NC(=O)C2(C)C. The smallest absolute Gasteiger partial charge is 0.303 e. The predicted molar refractivity (Wildman–Crippen MR) is 142 cm³/mol. The van der Waals surface area contributed by atoms with Crippen molar-refractivity contribution in [2.45, 2.75) is 45.3 Å². The summed E-state index contributed by atoms with van der Waals surface area (Å²) in [5, 5.41) is 14.3. The van der Waals surface area contributed by atoms with Crippen LogP contribution in [-0.2, 0) is 38.9 Å². The summed E-state index contributed by atoms with van der Waals surface area (Å²) in [6.45, 7) is 5.56. The van der Waals surface area contributed by atoms with E-state index in [0.29, 0.717) is 16.9 Å². The zero-order valence-electron chi connectivity index (χ0n) is 21.7. The summed E-state index contributed by atoms with van der Waals surface area (Å²) >= 11 is 5.99. The zero-order chi connectivity index (χ0) is 28.9. The van der Waals surface area contributed by atoms with Crippen molar-refractivity contribution < 1.29 is 33.4 Å². The van der Waals surface area contributed by atoms with Crippen LogP contribution in [0.25, 0.3) is 0 Å². The van der Waals surface area contributed by atoms with E-state index >= 15 is 0 Å². The number of benzene rings is 2. The van der Waals surface area contributed by atoms with E-state index in [-0.39, 0.29) is 24.0 Å². The number of hydrogen-bond acceptors (Lipinski definition) is 8. The summed E-state index contributed by atoms with van der Waals surface area (Å²) in [7, 11) is 0. The molecule has 0 unspecified atom stereocenters. The van der Waals surface area contributed by atoms with Crippen LogP contribution in [0.2, 0.25) is 0 Å². The van der Waals surface area contributed by atoms with Gasteiger partial charge in [0.25, 0.3) is 11.8 Å². The minimum atomic E-state index is -1.87. The number of hydrogen-bond donors (Lipinski definition) is 2. The predicted octanol–water partition coefficient (Wildman–Crippen LogP) is 2.86. The quantitative estimate of drug-likeness (QED) is 0.354. The monoisotopic (exact) mass is 554 g/mol. The first kappa shape index (κ1) is 29.1. The van der Waals surface area contributed by atoms with Crippen LogP contribution in [0.4, 0.5) is 17.1 Å². The number of nitrogens with one attached hydrogen (secondary N) is 2. The maximum atomic E-state index is 13.8. The number of nitrogens with zero attached hydrogens (tertiary/aromatic N) is 2. The summed E-state index contributed by atoms with van der Waals surface area (Å²) in [5.74, 6) is -3.85. The highest BCUT2D eigenvalue weighted by Gasteiger charge is 2.43. The zero-order valence-corrected chi connectivity index (χ0v) is 22.5. The van der Waals surface area contributed by atoms with Gasteiger partial charge in [0.2, 0.25) is 18.1 Å². The summed E-state index contributed by atoms with van der Waals surface area (Å²) in [4.78, 5) is 64.6. The van der Waals surface area contributed by atoms with Crippen LogP contribution in [0.1, 0.15) is 38.8 Å². The molecule has 12 heteroatoms. The van der Waals surface area contributed by atoms with Crippen LogP contribution in [0.3, 0.4) is 0 Å². The van der Waals surface area contributed by atoms with Crippen molar-refractivity contribution in [3.63, 3.8) is 0 Å². The van der Waals surface area contributed by atoms with E-state index in [9.17, 15) is 24.0 Å². The first-order valence-corrected chi connectivity index (χ1v) is 12.4. The molecular formula is C27H27ClN4O7. The second kappa shape index (κ2) is 12.0. The Morgan fingerprint density at radius 2 is 1.67 bits per heavy atom. The highest BCUT2D eigenvalue weighted by molar-refractivity contribution is 6.18. The number of carbonyl (C=O) groups excluding carboxylic acids is 5. The number of anilines is 3. The molecule has 0 fully saturated rings. The molecule has 0 radical (unpaired) electrons. The minimum absolute atomic E-state index is 0.0247. The van der Waals surface area contributed by atoms with Crippen molar-refractivity contribution in [1.29, 1.82) is 5.26 Å². The molecule has 2 atom stereocenters. The van der Waals surface area contributed by atoms with Gasteiger partial charge < -0.3 is 25.0 Å². The fraction of sp³-hybridized carbons (Fsp3) is 0.333. The highest BCUT2D eigenvalue weighted by Crippen LogP contribution is 2.39. The van der Waals surface area contributed by atoms with Crippen molar-refractivity contribution in [3.8, 4) is 6.07 Å². The molecule has 3 amide bonds. The molecule has 11 nitrogen and oxygen atoms in total. The van der Waals surface area contributed by atoms with E-state index in [1.165, 1.54) is 29.2 Å². The first-order chi connectivity index (χ1) is 18.4. The van der Waals surface area contributed by atoms with Gasteiger partial charge in [0.1, 0.15) is 0 Å². The number of nitriles is 1. The van der Waals surface area contributed by atoms with Crippen molar-refractivity contribution >= 4 is 58.3 Å². The molecule has 2 N–H and O–H groups in total. The first-order valence-electron chi connectivity index (χ1n) is 11.9. The third kappa shape index (κ3) is 6.53. The van der Waals surface area contributed by atoms with Gasteiger partial charge in [-0.25, -0.2) is 0 Å². The number of alkyl halides is 1. The Kier molecular flexibility index (Phi) is 8.93. The van der Waals surface area contributed by atoms with Gasteiger partial charge in [-0.1, -0.05) is 6.07 Å². The second-order valence-corrected chi connectivity index (χ2v) is 9.60. The third-order valence-electron chi connectivity index (χ3n) is 6.02. The topological polar surface area (TPSA) is 155 Å². The molecule has 0 saturated carbocycles. The van der Waals surface area contributed by atoms with E-state index in [0.717, 1.165) is 19.4 Å². The fourth-order valence-electron chi connectivity index (χ4n) is 4.05. The Morgan fingerprint density at radius 3 is 2.23 bits per heavy atom. The van der Waals surface area contributed by atoms with Gasteiger partial charge in [0.05, 0.1) is 17.0 Å². The number of rotatable bonds is 9. The standard InChI is InChI=1S/C27H27ClN4O7/c1-15(33)38-22(24(35)30-18-7-5-17(14-29)6-8-18)23(39-16(2)34)25(36)32(12-11-28)19-9-10-20-21(13-19)31-26(37)27(20,3)4/h5-10,13,22-23H,11-12H2,1-4H3,(H,30,35)(H,31,37)/t22-,23-/m1/s1. The molecule has 1 aliphatic rings. The molecule has 2 aromatic carbocycles. The lowest BCUT2D eigenvalue weighted by molar-refractivity contribution is -0.172. The Bertz CT molecular complexity index is 1350. The number of carbonyl (C=O) groups is 5. The number of esters is 2. The molecule has 2 aromatic rings. The van der Waals surface area contributed by atoms with Crippen LogP contribution in [0, 0.1) is 11.3 Å². The maximum absolute atomic E-state index is 13.8. The Balaban J connectivity index is 1.99. The van der Waals surface area contributed by atoms with Crippen molar-refractivity contribution in [2.24, 2.45) is 0 Å². The molecule has 0 spiro atoms. The van der Waals surface area contributed by atoms with Crippen LogP contribution in [0.5, 0.6) is 0 Å². The molecular weight excluding hydrogens is 528 g/mol. The summed E-state index contributed by atoms with van der Waals surface area (Å²) in [6, 6.07) is 12.6. The van der Waals surface area contributed by atoms with Gasteiger partial charge in [0.15, 0.2) is 0 Å². The average molecular weight is 555 g/mol. The molecule has 204 valence electrons. The molecule has 0 aliphatic carbocycles. The molecule has 1 aliphatic heterocycles. The largest absolute Gasteiger partial charge is 0.448 e. The van der Waals surface area contributed by atoms with Crippen molar-refractivity contribution in [3.05, 3.63) is 53.6 Å². The third-order valence-corrected chi connectivity index (χ3v) is 6.19. The van der Waals surface area contributed by atoms with E-state index in [1.807, 2.05) is 6.07 Å². The highest BCUT2D eigenvalue weighted by atomic mass is 35.5. The van der Waals surface area contributed by atoms with Gasteiger partial charge in [-0.3, -0.25) is 24.0 Å². The number of ether oxygens (including phenoxy) is 2. The van der Waals surface area contributed by atoms with E-state index < -0.39 is 41.4 Å². The molecule has 39 heavy (non-hydrogen) atoms.